The van der Waals surface area contributed by atoms with Crippen molar-refractivity contribution in [2.45, 2.75) is 38.3 Å². The van der Waals surface area contributed by atoms with E-state index in [-0.39, 0.29) is 18.1 Å². The molecule has 1 aliphatic rings. The quantitative estimate of drug-likeness (QED) is 0.853. The minimum atomic E-state index is -0.216. The SMILES string of the molecule is CC[C@H](NC(=O)c1ccc(-c2ccc(OC)cc2)o1)C1CC(O)C1. The summed E-state index contributed by atoms with van der Waals surface area (Å²) < 4.78 is 10.8. The molecular weight excluding hydrogens is 306 g/mol. The number of carbonyl (C=O) groups is 1. The Hall–Kier alpha value is -2.27. The van der Waals surface area contributed by atoms with E-state index >= 15 is 0 Å². The second kappa shape index (κ2) is 7.09. The molecule has 5 nitrogen and oxygen atoms in total. The Morgan fingerprint density at radius 1 is 1.29 bits per heavy atom. The number of aliphatic hydroxyl groups excluding tert-OH is 1. The van der Waals surface area contributed by atoms with Gasteiger partial charge in [-0.05, 0) is 61.6 Å². The number of hydrogen-bond donors (Lipinski definition) is 2. The molecular formula is C19H23NO4. The van der Waals surface area contributed by atoms with E-state index in [1.165, 1.54) is 0 Å². The molecule has 24 heavy (non-hydrogen) atoms. The highest BCUT2D eigenvalue weighted by Crippen LogP contribution is 2.32. The number of carbonyl (C=O) groups excluding carboxylic acids is 1. The molecule has 0 saturated heterocycles. The van der Waals surface area contributed by atoms with Gasteiger partial charge >= 0.3 is 0 Å². The molecule has 1 atom stereocenters. The van der Waals surface area contributed by atoms with Gasteiger partial charge in [-0.3, -0.25) is 4.79 Å². The van der Waals surface area contributed by atoms with Crippen LogP contribution in [0.1, 0.15) is 36.7 Å². The zero-order valence-corrected chi connectivity index (χ0v) is 14.0. The van der Waals surface area contributed by atoms with Crippen LogP contribution >= 0.6 is 0 Å². The fourth-order valence-electron chi connectivity index (χ4n) is 3.12. The molecule has 5 heteroatoms. The van der Waals surface area contributed by atoms with Gasteiger partial charge in [-0.1, -0.05) is 6.92 Å². The third kappa shape index (κ3) is 3.46. The summed E-state index contributed by atoms with van der Waals surface area (Å²) in [4.78, 5) is 12.4. The summed E-state index contributed by atoms with van der Waals surface area (Å²) in [5.74, 6) is 1.87. The van der Waals surface area contributed by atoms with Crippen molar-refractivity contribution in [1.29, 1.82) is 0 Å². The van der Waals surface area contributed by atoms with Crippen molar-refractivity contribution in [3.05, 3.63) is 42.2 Å². The fraction of sp³-hybridized carbons (Fsp3) is 0.421. The van der Waals surface area contributed by atoms with Crippen LogP contribution in [0.15, 0.2) is 40.8 Å². The van der Waals surface area contributed by atoms with Crippen LogP contribution in [0.4, 0.5) is 0 Å². The second-order valence-electron chi connectivity index (χ2n) is 6.27. The lowest BCUT2D eigenvalue weighted by Gasteiger charge is -2.37. The minimum Gasteiger partial charge on any atom is -0.497 e. The number of aliphatic hydroxyl groups is 1. The normalized spacial score (nSPS) is 21.0. The van der Waals surface area contributed by atoms with Gasteiger partial charge in [0.05, 0.1) is 13.2 Å². The van der Waals surface area contributed by atoms with Crippen LogP contribution in [0.5, 0.6) is 5.75 Å². The zero-order valence-electron chi connectivity index (χ0n) is 14.0. The molecule has 2 N–H and O–H groups in total. The molecule has 0 bridgehead atoms. The molecule has 1 fully saturated rings. The molecule has 1 heterocycles. The van der Waals surface area contributed by atoms with Crippen molar-refractivity contribution in [3.63, 3.8) is 0 Å². The van der Waals surface area contributed by atoms with E-state index in [1.54, 1.807) is 19.2 Å². The Morgan fingerprint density at radius 3 is 2.58 bits per heavy atom. The molecule has 1 amide bonds. The maximum atomic E-state index is 12.4. The zero-order chi connectivity index (χ0) is 17.1. The number of amides is 1. The first-order valence-electron chi connectivity index (χ1n) is 8.34. The van der Waals surface area contributed by atoms with Crippen molar-refractivity contribution >= 4 is 5.91 Å². The predicted molar refractivity (Wildman–Crippen MR) is 91.0 cm³/mol. The van der Waals surface area contributed by atoms with Crippen LogP contribution in [0, 0.1) is 5.92 Å². The Balaban J connectivity index is 1.66. The molecule has 2 aromatic rings. The Labute approximate surface area is 141 Å². The first-order chi connectivity index (χ1) is 11.6. The van der Waals surface area contributed by atoms with Gasteiger partial charge in [0.1, 0.15) is 11.5 Å². The van der Waals surface area contributed by atoms with Gasteiger partial charge < -0.3 is 19.6 Å². The van der Waals surface area contributed by atoms with Crippen LogP contribution < -0.4 is 10.1 Å². The van der Waals surface area contributed by atoms with Crippen LogP contribution in [0.3, 0.4) is 0 Å². The smallest absolute Gasteiger partial charge is 0.287 e. The summed E-state index contributed by atoms with van der Waals surface area (Å²) in [5, 5.41) is 12.5. The summed E-state index contributed by atoms with van der Waals surface area (Å²) >= 11 is 0. The summed E-state index contributed by atoms with van der Waals surface area (Å²) in [6.07, 6.45) is 2.14. The van der Waals surface area contributed by atoms with Gasteiger partial charge in [-0.2, -0.15) is 0 Å². The Morgan fingerprint density at radius 2 is 2.00 bits per heavy atom. The number of nitrogens with one attached hydrogen (secondary N) is 1. The number of rotatable bonds is 6. The van der Waals surface area contributed by atoms with Crippen LogP contribution in [0.25, 0.3) is 11.3 Å². The van der Waals surface area contributed by atoms with Crippen LogP contribution in [0.2, 0.25) is 0 Å². The van der Waals surface area contributed by atoms with Crippen molar-refractivity contribution in [2.75, 3.05) is 7.11 Å². The molecule has 1 aromatic heterocycles. The average Bonchev–Trinajstić information content (AvgIpc) is 3.07. The van der Waals surface area contributed by atoms with Gasteiger partial charge in [-0.15, -0.1) is 0 Å². The lowest BCUT2D eigenvalue weighted by Crippen LogP contribution is -2.46. The van der Waals surface area contributed by atoms with Crippen LogP contribution in [-0.4, -0.2) is 30.3 Å². The topological polar surface area (TPSA) is 71.7 Å². The second-order valence-corrected chi connectivity index (χ2v) is 6.27. The highest BCUT2D eigenvalue weighted by molar-refractivity contribution is 5.92. The molecule has 128 valence electrons. The van der Waals surface area contributed by atoms with E-state index in [2.05, 4.69) is 5.32 Å². The number of furan rings is 1. The van der Waals surface area contributed by atoms with Gasteiger partial charge in [0, 0.05) is 11.6 Å². The molecule has 0 spiro atoms. The highest BCUT2D eigenvalue weighted by atomic mass is 16.5. The number of ether oxygens (including phenoxy) is 1. The molecule has 0 radical (unpaired) electrons. The molecule has 1 aliphatic carbocycles. The largest absolute Gasteiger partial charge is 0.497 e. The van der Waals surface area contributed by atoms with E-state index in [0.29, 0.717) is 17.4 Å². The van der Waals surface area contributed by atoms with Gasteiger partial charge in [0.15, 0.2) is 5.76 Å². The molecule has 0 aliphatic heterocycles. The summed E-state index contributed by atoms with van der Waals surface area (Å²) in [7, 11) is 1.62. The summed E-state index contributed by atoms with van der Waals surface area (Å²) in [5.41, 5.74) is 0.893. The lowest BCUT2D eigenvalue weighted by atomic mass is 9.76. The van der Waals surface area contributed by atoms with E-state index in [0.717, 1.165) is 30.6 Å². The lowest BCUT2D eigenvalue weighted by molar-refractivity contribution is 0.0230. The van der Waals surface area contributed by atoms with Gasteiger partial charge in [0.25, 0.3) is 5.91 Å². The molecule has 0 unspecified atom stereocenters. The van der Waals surface area contributed by atoms with Gasteiger partial charge in [-0.25, -0.2) is 0 Å². The minimum absolute atomic E-state index is 0.0791. The summed E-state index contributed by atoms with van der Waals surface area (Å²) in [6.45, 7) is 2.04. The van der Waals surface area contributed by atoms with Crippen molar-refractivity contribution < 1.29 is 19.1 Å². The highest BCUT2D eigenvalue weighted by Gasteiger charge is 2.34. The summed E-state index contributed by atoms with van der Waals surface area (Å²) in [6, 6.07) is 11.1. The first kappa shape index (κ1) is 16.6. The number of hydrogen-bond acceptors (Lipinski definition) is 4. The van der Waals surface area contributed by atoms with E-state index in [1.807, 2.05) is 31.2 Å². The van der Waals surface area contributed by atoms with Crippen molar-refractivity contribution in [2.24, 2.45) is 5.92 Å². The third-order valence-corrected chi connectivity index (χ3v) is 4.68. The Bertz CT molecular complexity index is 686. The molecule has 1 saturated carbocycles. The maximum Gasteiger partial charge on any atom is 0.287 e. The number of methoxy groups -OCH3 is 1. The standard InChI is InChI=1S/C19H23NO4/c1-3-16(13-10-14(21)11-13)20-19(22)18-9-8-17(24-18)12-4-6-15(23-2)7-5-12/h4-9,13-14,16,21H,3,10-11H2,1-2H3,(H,20,22)/t13?,14?,16-/m0/s1. The molecule has 3 rings (SSSR count). The average molecular weight is 329 g/mol. The van der Waals surface area contributed by atoms with E-state index in [4.69, 9.17) is 9.15 Å². The maximum absolute atomic E-state index is 12.4. The van der Waals surface area contributed by atoms with Crippen molar-refractivity contribution in [3.8, 4) is 17.1 Å². The number of benzene rings is 1. The Kier molecular flexibility index (Phi) is 4.90. The van der Waals surface area contributed by atoms with Crippen molar-refractivity contribution in [1.82, 2.24) is 5.32 Å². The first-order valence-corrected chi connectivity index (χ1v) is 8.34. The molecule has 1 aromatic carbocycles. The fourth-order valence-corrected chi connectivity index (χ4v) is 3.12. The van der Waals surface area contributed by atoms with E-state index < -0.39 is 0 Å². The van der Waals surface area contributed by atoms with Gasteiger partial charge in [0.2, 0.25) is 0 Å². The van der Waals surface area contributed by atoms with E-state index in [9.17, 15) is 9.90 Å². The monoisotopic (exact) mass is 329 g/mol. The third-order valence-electron chi connectivity index (χ3n) is 4.68. The predicted octanol–water partition coefficient (Wildman–Crippen LogP) is 3.23. The van der Waals surface area contributed by atoms with Crippen LogP contribution in [-0.2, 0) is 0 Å².